The number of guanidine groups is 1. The topological polar surface area (TPSA) is 52.8 Å². The maximum atomic E-state index is 5.56. The minimum atomic E-state index is 0. The van der Waals surface area contributed by atoms with Crippen molar-refractivity contribution < 1.29 is 4.42 Å². The van der Waals surface area contributed by atoms with Crippen molar-refractivity contribution in [2.45, 2.75) is 24.3 Å². The zero-order chi connectivity index (χ0) is 17.7. The number of nitrogens with zero attached hydrogens (tertiary/aromatic N) is 2. The first-order valence-electron chi connectivity index (χ1n) is 8.84. The third kappa shape index (κ3) is 5.01. The normalized spacial score (nSPS) is 16.7. The number of aliphatic imine (C=N–C) groups is 1. The van der Waals surface area contributed by atoms with Crippen LogP contribution in [-0.2, 0) is 5.41 Å². The van der Waals surface area contributed by atoms with Crippen molar-refractivity contribution in [2.75, 3.05) is 34.2 Å². The molecule has 1 aliphatic rings. The Balaban J connectivity index is 0.00000243. The molecule has 0 amide bonds. The first kappa shape index (κ1) is 20.8. The molecule has 3 rings (SSSR count). The molecule has 2 N–H and O–H groups in total. The zero-order valence-corrected chi connectivity index (χ0v) is 18.1. The molecule has 1 aromatic heterocycles. The van der Waals surface area contributed by atoms with Crippen LogP contribution in [0, 0.1) is 0 Å². The van der Waals surface area contributed by atoms with Gasteiger partial charge in [0.15, 0.2) is 5.96 Å². The third-order valence-corrected chi connectivity index (χ3v) is 5.02. The number of hydrogen-bond donors (Lipinski definition) is 2. The lowest BCUT2D eigenvalue weighted by molar-refractivity contribution is 0.258. The standard InChI is InChI=1S/C20H28N4O.HI/c1-21-19(22-14-17(24(2)3)18-10-7-13-25-18)23-15-20(11-12-20)16-8-5-4-6-9-16;/h4-10,13,17H,11-12,14-15H2,1-3H3,(H2,21,22,23);1H. The summed E-state index contributed by atoms with van der Waals surface area (Å²) < 4.78 is 5.56. The molecule has 0 saturated heterocycles. The Bertz CT molecular complexity index is 681. The molecule has 1 saturated carbocycles. The average molecular weight is 468 g/mol. The highest BCUT2D eigenvalue weighted by atomic mass is 127. The van der Waals surface area contributed by atoms with Crippen LogP contribution in [0.5, 0.6) is 0 Å². The summed E-state index contributed by atoms with van der Waals surface area (Å²) in [7, 11) is 5.92. The number of rotatable bonds is 7. The van der Waals surface area contributed by atoms with Crippen molar-refractivity contribution >= 4 is 29.9 Å². The fraction of sp³-hybridized carbons (Fsp3) is 0.450. The third-order valence-electron chi connectivity index (χ3n) is 5.02. The second kappa shape index (κ2) is 9.41. The van der Waals surface area contributed by atoms with Gasteiger partial charge in [-0.2, -0.15) is 0 Å². The van der Waals surface area contributed by atoms with Crippen LogP contribution in [0.3, 0.4) is 0 Å². The largest absolute Gasteiger partial charge is 0.468 e. The average Bonchev–Trinajstić information content (AvgIpc) is 3.24. The van der Waals surface area contributed by atoms with Crippen molar-refractivity contribution in [3.63, 3.8) is 0 Å². The van der Waals surface area contributed by atoms with Crippen LogP contribution in [0.25, 0.3) is 0 Å². The van der Waals surface area contributed by atoms with E-state index >= 15 is 0 Å². The van der Waals surface area contributed by atoms with Gasteiger partial charge in [0.05, 0.1) is 12.3 Å². The van der Waals surface area contributed by atoms with E-state index in [1.54, 1.807) is 6.26 Å². The molecule has 1 fully saturated rings. The highest BCUT2D eigenvalue weighted by Crippen LogP contribution is 2.47. The van der Waals surface area contributed by atoms with Crippen molar-refractivity contribution in [3.8, 4) is 0 Å². The number of furan rings is 1. The van der Waals surface area contributed by atoms with Gasteiger partial charge in [-0.15, -0.1) is 24.0 Å². The molecule has 1 aromatic carbocycles. The minimum absolute atomic E-state index is 0. The molecule has 1 aliphatic carbocycles. The number of hydrogen-bond acceptors (Lipinski definition) is 3. The van der Waals surface area contributed by atoms with Crippen molar-refractivity contribution in [2.24, 2.45) is 4.99 Å². The highest BCUT2D eigenvalue weighted by Gasteiger charge is 2.44. The summed E-state index contributed by atoms with van der Waals surface area (Å²) in [6, 6.07) is 14.9. The summed E-state index contributed by atoms with van der Waals surface area (Å²) in [6.07, 6.45) is 4.18. The quantitative estimate of drug-likeness (QED) is 0.372. The Morgan fingerprint density at radius 2 is 1.88 bits per heavy atom. The Labute approximate surface area is 173 Å². The zero-order valence-electron chi connectivity index (χ0n) is 15.7. The van der Waals surface area contributed by atoms with Crippen LogP contribution in [0.1, 0.15) is 30.2 Å². The predicted molar refractivity (Wildman–Crippen MR) is 117 cm³/mol. The van der Waals surface area contributed by atoms with E-state index in [0.717, 1.165) is 24.8 Å². The maximum absolute atomic E-state index is 5.56. The van der Waals surface area contributed by atoms with Crippen molar-refractivity contribution in [1.29, 1.82) is 0 Å². The number of benzene rings is 1. The van der Waals surface area contributed by atoms with E-state index in [9.17, 15) is 0 Å². The smallest absolute Gasteiger partial charge is 0.191 e. The Morgan fingerprint density at radius 1 is 1.15 bits per heavy atom. The lowest BCUT2D eigenvalue weighted by Crippen LogP contribution is -2.44. The second-order valence-corrected chi connectivity index (χ2v) is 6.95. The molecular weight excluding hydrogens is 439 g/mol. The highest BCUT2D eigenvalue weighted by molar-refractivity contribution is 14.0. The Hall–Kier alpha value is -1.54. The van der Waals surface area contributed by atoms with E-state index in [0.29, 0.717) is 0 Å². The van der Waals surface area contributed by atoms with Crippen LogP contribution in [0.4, 0.5) is 0 Å². The van der Waals surface area contributed by atoms with Crippen LogP contribution in [0.2, 0.25) is 0 Å². The first-order valence-corrected chi connectivity index (χ1v) is 8.84. The van der Waals surface area contributed by atoms with Crippen LogP contribution in [0.15, 0.2) is 58.1 Å². The molecule has 2 aromatic rings. The van der Waals surface area contributed by atoms with Gasteiger partial charge in [0.2, 0.25) is 0 Å². The van der Waals surface area contributed by atoms with Crippen LogP contribution >= 0.6 is 24.0 Å². The molecule has 0 bridgehead atoms. The van der Waals surface area contributed by atoms with Gasteiger partial charge < -0.3 is 15.1 Å². The van der Waals surface area contributed by atoms with Crippen LogP contribution in [-0.4, -0.2) is 45.1 Å². The van der Waals surface area contributed by atoms with E-state index in [1.807, 2.05) is 19.2 Å². The molecule has 26 heavy (non-hydrogen) atoms. The number of halogens is 1. The Morgan fingerprint density at radius 3 is 2.42 bits per heavy atom. The molecule has 0 radical (unpaired) electrons. The summed E-state index contributed by atoms with van der Waals surface area (Å²) >= 11 is 0. The molecule has 1 heterocycles. The van der Waals surface area contributed by atoms with Gasteiger partial charge in [-0.1, -0.05) is 30.3 Å². The number of nitrogens with one attached hydrogen (secondary N) is 2. The maximum Gasteiger partial charge on any atom is 0.191 e. The predicted octanol–water partition coefficient (Wildman–Crippen LogP) is 3.40. The molecule has 0 aliphatic heterocycles. The van der Waals surface area contributed by atoms with E-state index in [1.165, 1.54) is 18.4 Å². The lowest BCUT2D eigenvalue weighted by Gasteiger charge is -2.24. The fourth-order valence-electron chi connectivity index (χ4n) is 3.20. The second-order valence-electron chi connectivity index (χ2n) is 6.95. The SMILES string of the molecule is CN=C(NCC(c1ccco1)N(C)C)NCC1(c2ccccc2)CC1.I. The molecule has 1 atom stereocenters. The van der Waals surface area contributed by atoms with Gasteiger partial charge in [0.1, 0.15) is 5.76 Å². The van der Waals surface area contributed by atoms with Crippen molar-refractivity contribution in [3.05, 3.63) is 60.1 Å². The van der Waals surface area contributed by atoms with Gasteiger partial charge in [0.25, 0.3) is 0 Å². The summed E-state index contributed by atoms with van der Waals surface area (Å²) in [4.78, 5) is 6.51. The summed E-state index contributed by atoms with van der Waals surface area (Å²) in [5.41, 5.74) is 1.68. The van der Waals surface area contributed by atoms with Crippen molar-refractivity contribution in [1.82, 2.24) is 15.5 Å². The summed E-state index contributed by atoms with van der Waals surface area (Å²) in [6.45, 7) is 1.64. The van der Waals surface area contributed by atoms with E-state index in [-0.39, 0.29) is 35.4 Å². The van der Waals surface area contributed by atoms with E-state index in [4.69, 9.17) is 4.42 Å². The molecule has 6 heteroatoms. The first-order chi connectivity index (χ1) is 12.1. The molecule has 0 spiro atoms. The fourth-order valence-corrected chi connectivity index (χ4v) is 3.20. The molecular formula is C20H29IN4O. The Kier molecular flexibility index (Phi) is 7.52. The summed E-state index contributed by atoms with van der Waals surface area (Å²) in [5, 5.41) is 6.93. The number of likely N-dealkylation sites (N-methyl/N-ethyl adjacent to an activating group) is 1. The molecule has 142 valence electrons. The van der Waals surface area contributed by atoms with Gasteiger partial charge >= 0.3 is 0 Å². The van der Waals surface area contributed by atoms with E-state index < -0.39 is 0 Å². The molecule has 1 unspecified atom stereocenters. The summed E-state index contributed by atoms with van der Waals surface area (Å²) in [5.74, 6) is 1.79. The van der Waals surface area contributed by atoms with Gasteiger partial charge in [-0.3, -0.25) is 9.89 Å². The molecule has 5 nitrogen and oxygen atoms in total. The van der Waals surface area contributed by atoms with Gasteiger partial charge in [-0.25, -0.2) is 0 Å². The van der Waals surface area contributed by atoms with E-state index in [2.05, 4.69) is 65.0 Å². The minimum Gasteiger partial charge on any atom is -0.468 e. The van der Waals surface area contributed by atoms with Gasteiger partial charge in [0, 0.05) is 25.6 Å². The monoisotopic (exact) mass is 468 g/mol. The van der Waals surface area contributed by atoms with Gasteiger partial charge in [-0.05, 0) is 44.6 Å². The lowest BCUT2D eigenvalue weighted by atomic mass is 9.96. The van der Waals surface area contributed by atoms with Crippen LogP contribution < -0.4 is 10.6 Å².